The minimum atomic E-state index is -0.491. The summed E-state index contributed by atoms with van der Waals surface area (Å²) in [7, 11) is 2.96. The molecule has 0 amide bonds. The van der Waals surface area contributed by atoms with Gasteiger partial charge in [0.05, 0.1) is 0 Å². The summed E-state index contributed by atoms with van der Waals surface area (Å²) in [5, 5.41) is 0.679. The van der Waals surface area contributed by atoms with E-state index >= 15 is 0 Å². The molecule has 0 saturated heterocycles. The van der Waals surface area contributed by atoms with Crippen LogP contribution in [0, 0.1) is 5.82 Å². The summed E-state index contributed by atoms with van der Waals surface area (Å²) < 4.78 is 16.1. The molecule has 9 heteroatoms. The van der Waals surface area contributed by atoms with Crippen LogP contribution in [0.1, 0.15) is 5.56 Å². The average Bonchev–Trinajstić information content (AvgIpc) is 2.74. The molecule has 3 heterocycles. The number of thioether (sulfide) groups is 1. The van der Waals surface area contributed by atoms with Gasteiger partial charge in [0.15, 0.2) is 11.5 Å². The number of pyridine rings is 1. The Balaban J connectivity index is 1.95. The molecule has 0 aliphatic carbocycles. The summed E-state index contributed by atoms with van der Waals surface area (Å²) >= 11 is 1.34. The topological polar surface area (TPSA) is 82.7 Å². The summed E-state index contributed by atoms with van der Waals surface area (Å²) in [5.41, 5.74) is 0.666. The van der Waals surface area contributed by atoms with E-state index in [4.69, 9.17) is 0 Å². The number of aryl methyl sites for hydroxylation is 1. The first-order valence-electron chi connectivity index (χ1n) is 8.71. The second-order valence-corrected chi connectivity index (χ2v) is 7.38. The fourth-order valence-electron chi connectivity index (χ4n) is 2.93. The summed E-state index contributed by atoms with van der Waals surface area (Å²) in [4.78, 5) is 38.2. The van der Waals surface area contributed by atoms with Crippen molar-refractivity contribution in [1.29, 1.82) is 0 Å². The third-order valence-electron chi connectivity index (χ3n) is 4.45. The van der Waals surface area contributed by atoms with Gasteiger partial charge < -0.3 is 0 Å². The van der Waals surface area contributed by atoms with Gasteiger partial charge >= 0.3 is 5.69 Å². The third kappa shape index (κ3) is 3.56. The van der Waals surface area contributed by atoms with E-state index in [1.165, 1.54) is 35.5 Å². The first-order chi connectivity index (χ1) is 14.0. The van der Waals surface area contributed by atoms with E-state index in [1.807, 2.05) is 12.1 Å². The highest BCUT2D eigenvalue weighted by Crippen LogP contribution is 2.28. The van der Waals surface area contributed by atoms with Crippen molar-refractivity contribution in [3.63, 3.8) is 0 Å². The Hall–Kier alpha value is -3.33. The van der Waals surface area contributed by atoms with Crippen LogP contribution in [0.2, 0.25) is 0 Å². The standard InChI is InChI=1S/C20H16FN5O2S/c1-25-17-15(19(27)26(2)20(25)28)18(29-11-12-5-4-8-22-10-12)24-16(23-17)13-6-3-7-14(21)9-13/h3-10H,11H2,1-2H3. The maximum atomic E-state index is 13.7. The molecule has 0 atom stereocenters. The average molecular weight is 409 g/mol. The molecule has 0 aliphatic heterocycles. The van der Waals surface area contributed by atoms with Gasteiger partial charge in [0.1, 0.15) is 16.2 Å². The van der Waals surface area contributed by atoms with Gasteiger partial charge in [-0.15, -0.1) is 11.8 Å². The molecule has 0 saturated carbocycles. The molecule has 0 fully saturated rings. The molecule has 3 aromatic heterocycles. The molecule has 146 valence electrons. The van der Waals surface area contributed by atoms with E-state index in [1.54, 1.807) is 31.6 Å². The van der Waals surface area contributed by atoms with Crippen LogP contribution in [0.4, 0.5) is 4.39 Å². The van der Waals surface area contributed by atoms with Crippen LogP contribution in [-0.4, -0.2) is 24.1 Å². The van der Waals surface area contributed by atoms with Gasteiger partial charge in [-0.1, -0.05) is 18.2 Å². The minimum Gasteiger partial charge on any atom is -0.280 e. The molecule has 29 heavy (non-hydrogen) atoms. The van der Waals surface area contributed by atoms with Gasteiger partial charge in [-0.2, -0.15) is 0 Å². The number of rotatable bonds is 4. The quantitative estimate of drug-likeness (QED) is 0.381. The molecule has 0 N–H and O–H groups in total. The predicted molar refractivity (Wildman–Crippen MR) is 109 cm³/mol. The van der Waals surface area contributed by atoms with Crippen molar-refractivity contribution >= 4 is 22.8 Å². The molecule has 1 aromatic carbocycles. The maximum absolute atomic E-state index is 13.7. The second-order valence-electron chi connectivity index (χ2n) is 6.42. The lowest BCUT2D eigenvalue weighted by molar-refractivity contribution is 0.628. The summed E-state index contributed by atoms with van der Waals surface area (Å²) in [6.07, 6.45) is 3.42. The van der Waals surface area contributed by atoms with Crippen molar-refractivity contribution in [1.82, 2.24) is 24.1 Å². The molecule has 0 spiro atoms. The smallest absolute Gasteiger partial charge is 0.280 e. The molecule has 0 aliphatic rings. The lowest BCUT2D eigenvalue weighted by Gasteiger charge is -2.12. The normalized spacial score (nSPS) is 11.1. The Labute approximate surface area is 168 Å². The highest BCUT2D eigenvalue weighted by atomic mass is 32.2. The summed E-state index contributed by atoms with van der Waals surface area (Å²) in [5.74, 6) is 0.344. The Morgan fingerprint density at radius 2 is 1.90 bits per heavy atom. The molecule has 0 unspecified atom stereocenters. The molecular weight excluding hydrogens is 393 g/mol. The highest BCUT2D eigenvalue weighted by molar-refractivity contribution is 7.98. The molecular formula is C20H16FN5O2S. The minimum absolute atomic E-state index is 0.209. The molecule has 0 bridgehead atoms. The first kappa shape index (κ1) is 19.0. The van der Waals surface area contributed by atoms with Crippen molar-refractivity contribution in [3.8, 4) is 11.4 Å². The zero-order valence-electron chi connectivity index (χ0n) is 15.7. The fourth-order valence-corrected chi connectivity index (χ4v) is 3.87. The van der Waals surface area contributed by atoms with E-state index in [0.717, 1.165) is 10.1 Å². The second kappa shape index (κ2) is 7.59. The Kier molecular flexibility index (Phi) is 4.98. The van der Waals surface area contributed by atoms with Crippen LogP contribution in [0.25, 0.3) is 22.4 Å². The van der Waals surface area contributed by atoms with Crippen molar-refractivity contribution in [2.24, 2.45) is 14.1 Å². The van der Waals surface area contributed by atoms with Gasteiger partial charge in [-0.05, 0) is 23.8 Å². The maximum Gasteiger partial charge on any atom is 0.332 e. The molecule has 7 nitrogen and oxygen atoms in total. The number of nitrogens with zero attached hydrogens (tertiary/aromatic N) is 5. The van der Waals surface area contributed by atoms with Crippen molar-refractivity contribution < 1.29 is 4.39 Å². The van der Waals surface area contributed by atoms with Gasteiger partial charge in [0, 0.05) is 37.8 Å². The van der Waals surface area contributed by atoms with Crippen molar-refractivity contribution in [2.75, 3.05) is 0 Å². The van der Waals surface area contributed by atoms with Gasteiger partial charge in [0.2, 0.25) is 0 Å². The van der Waals surface area contributed by atoms with Gasteiger partial charge in [-0.25, -0.2) is 19.2 Å². The van der Waals surface area contributed by atoms with E-state index < -0.39 is 17.1 Å². The number of hydrogen-bond acceptors (Lipinski definition) is 6. The van der Waals surface area contributed by atoms with E-state index in [9.17, 15) is 14.0 Å². The predicted octanol–water partition coefficient (Wildman–Crippen LogP) is 2.52. The zero-order chi connectivity index (χ0) is 20.5. The van der Waals surface area contributed by atoms with Crippen molar-refractivity contribution in [3.05, 3.63) is 81.0 Å². The monoisotopic (exact) mass is 409 g/mol. The molecule has 4 aromatic rings. The first-order valence-corrected chi connectivity index (χ1v) is 9.69. The van der Waals surface area contributed by atoms with Crippen LogP contribution < -0.4 is 11.2 Å². The van der Waals surface area contributed by atoms with Gasteiger partial charge in [0.25, 0.3) is 5.56 Å². The van der Waals surface area contributed by atoms with Crippen LogP contribution in [0.15, 0.2) is 63.4 Å². The van der Waals surface area contributed by atoms with Gasteiger partial charge in [-0.3, -0.25) is 18.9 Å². The summed E-state index contributed by atoms with van der Waals surface area (Å²) in [6.45, 7) is 0. The summed E-state index contributed by atoms with van der Waals surface area (Å²) in [6, 6.07) is 9.63. The highest BCUT2D eigenvalue weighted by Gasteiger charge is 2.18. The van der Waals surface area contributed by atoms with E-state index in [-0.39, 0.29) is 16.9 Å². The molecule has 0 radical (unpaired) electrons. The van der Waals surface area contributed by atoms with Crippen molar-refractivity contribution in [2.45, 2.75) is 10.8 Å². The Morgan fingerprint density at radius 1 is 1.07 bits per heavy atom. The van der Waals surface area contributed by atoms with E-state index in [2.05, 4.69) is 15.0 Å². The van der Waals surface area contributed by atoms with Crippen LogP contribution >= 0.6 is 11.8 Å². The Morgan fingerprint density at radius 3 is 2.62 bits per heavy atom. The number of hydrogen-bond donors (Lipinski definition) is 0. The van der Waals surface area contributed by atoms with Crippen LogP contribution in [0.5, 0.6) is 0 Å². The zero-order valence-corrected chi connectivity index (χ0v) is 16.5. The lowest BCUT2D eigenvalue weighted by Crippen LogP contribution is -2.37. The lowest BCUT2D eigenvalue weighted by atomic mass is 10.2. The number of fused-ring (bicyclic) bond motifs is 1. The number of benzene rings is 1. The molecule has 4 rings (SSSR count). The largest absolute Gasteiger partial charge is 0.332 e. The van der Waals surface area contributed by atoms with Crippen LogP contribution in [-0.2, 0) is 19.8 Å². The third-order valence-corrected chi connectivity index (χ3v) is 5.49. The number of aromatic nitrogens is 5. The number of halogens is 1. The fraction of sp³-hybridized carbons (Fsp3) is 0.150. The van der Waals surface area contributed by atoms with E-state index in [0.29, 0.717) is 16.3 Å². The Bertz CT molecular complexity index is 1330. The van der Waals surface area contributed by atoms with Crippen LogP contribution in [0.3, 0.4) is 0 Å². The SMILES string of the molecule is Cn1c(=O)c2c(SCc3cccnc3)nc(-c3cccc(F)c3)nc2n(C)c1=O.